The molecule has 0 unspecified atom stereocenters. The second-order valence-corrected chi connectivity index (χ2v) is 7.39. The molecule has 0 aliphatic heterocycles. The van der Waals surface area contributed by atoms with Gasteiger partial charge in [-0.3, -0.25) is 9.59 Å². The number of rotatable bonds is 6. The van der Waals surface area contributed by atoms with E-state index in [4.69, 9.17) is 21.1 Å². The number of benzene rings is 2. The van der Waals surface area contributed by atoms with E-state index >= 15 is 0 Å². The number of anilines is 2. The van der Waals surface area contributed by atoms with E-state index in [1.54, 1.807) is 18.2 Å². The largest absolute Gasteiger partial charge is 0.495 e. The van der Waals surface area contributed by atoms with Gasteiger partial charge >= 0.3 is 5.97 Å². The van der Waals surface area contributed by atoms with Crippen molar-refractivity contribution >= 4 is 62.2 Å². The van der Waals surface area contributed by atoms with E-state index < -0.39 is 18.5 Å². The molecule has 1 heterocycles. The number of ether oxygens (including phenoxy) is 2. The molecule has 3 aromatic rings. The van der Waals surface area contributed by atoms with Crippen LogP contribution in [0.1, 0.15) is 16.6 Å². The van der Waals surface area contributed by atoms with Gasteiger partial charge in [-0.15, -0.1) is 11.3 Å². The Morgan fingerprint density at radius 3 is 2.55 bits per heavy atom. The number of hydrogen-bond acceptors (Lipinski definition) is 6. The van der Waals surface area contributed by atoms with E-state index in [1.807, 2.05) is 24.3 Å². The van der Waals surface area contributed by atoms with Crippen LogP contribution >= 0.6 is 22.9 Å². The first-order valence-corrected chi connectivity index (χ1v) is 9.68. The zero-order chi connectivity index (χ0) is 21.0. The lowest BCUT2D eigenvalue weighted by molar-refractivity contribution is -0.119. The number of carbonyl (C=O) groups is 3. The summed E-state index contributed by atoms with van der Waals surface area (Å²) < 4.78 is 11.2. The van der Waals surface area contributed by atoms with Crippen LogP contribution < -0.4 is 15.4 Å². The summed E-state index contributed by atoms with van der Waals surface area (Å²) in [6, 6.07) is 12.1. The molecule has 0 aliphatic carbocycles. The van der Waals surface area contributed by atoms with E-state index in [1.165, 1.54) is 25.4 Å². The Kier molecular flexibility index (Phi) is 6.36. The SMILES string of the molecule is COc1ccc(NC(C)=O)cc1NC(=O)COC(=O)c1sc2ccccc2c1Cl. The summed E-state index contributed by atoms with van der Waals surface area (Å²) in [4.78, 5) is 36.0. The van der Waals surface area contributed by atoms with Crippen molar-refractivity contribution < 1.29 is 23.9 Å². The summed E-state index contributed by atoms with van der Waals surface area (Å²) in [5, 5.41) is 6.28. The van der Waals surface area contributed by atoms with Crippen LogP contribution in [0.2, 0.25) is 5.02 Å². The fraction of sp³-hybridized carbons (Fsp3) is 0.150. The molecule has 3 rings (SSSR count). The predicted molar refractivity (Wildman–Crippen MR) is 113 cm³/mol. The molecular formula is C20H17ClN2O5S. The van der Waals surface area contributed by atoms with Crippen molar-refractivity contribution in [2.24, 2.45) is 0 Å². The van der Waals surface area contributed by atoms with Gasteiger partial charge in [-0.1, -0.05) is 29.8 Å². The lowest BCUT2D eigenvalue weighted by Gasteiger charge is -2.12. The van der Waals surface area contributed by atoms with Gasteiger partial charge in [0.05, 0.1) is 17.8 Å². The number of amides is 2. The lowest BCUT2D eigenvalue weighted by Crippen LogP contribution is -2.21. The van der Waals surface area contributed by atoms with Gasteiger partial charge in [-0.05, 0) is 24.3 Å². The normalized spacial score (nSPS) is 10.4. The highest BCUT2D eigenvalue weighted by atomic mass is 35.5. The average Bonchev–Trinajstić information content (AvgIpc) is 3.03. The fourth-order valence-corrected chi connectivity index (χ4v) is 4.02. The molecule has 0 saturated heterocycles. The Bertz CT molecular complexity index is 1100. The molecule has 0 radical (unpaired) electrons. The number of methoxy groups -OCH3 is 1. The molecule has 150 valence electrons. The van der Waals surface area contributed by atoms with E-state index in [0.29, 0.717) is 22.1 Å². The number of esters is 1. The molecule has 2 N–H and O–H groups in total. The number of fused-ring (bicyclic) bond motifs is 1. The average molecular weight is 433 g/mol. The summed E-state index contributed by atoms with van der Waals surface area (Å²) in [5.74, 6) is -1.09. The molecule has 0 aliphatic rings. The maximum atomic E-state index is 12.3. The van der Waals surface area contributed by atoms with Crippen molar-refractivity contribution in [2.75, 3.05) is 24.4 Å². The van der Waals surface area contributed by atoms with Crippen LogP contribution in [0.3, 0.4) is 0 Å². The predicted octanol–water partition coefficient (Wildman–Crippen LogP) is 4.32. The van der Waals surface area contributed by atoms with Gasteiger partial charge in [-0.25, -0.2) is 4.79 Å². The third-order valence-corrected chi connectivity index (χ3v) is 5.50. The van der Waals surface area contributed by atoms with Gasteiger partial charge in [-0.2, -0.15) is 0 Å². The van der Waals surface area contributed by atoms with Gasteiger partial charge in [0, 0.05) is 22.7 Å². The van der Waals surface area contributed by atoms with E-state index in [0.717, 1.165) is 10.1 Å². The third-order valence-electron chi connectivity index (χ3n) is 3.85. The molecule has 2 amide bonds. The lowest BCUT2D eigenvalue weighted by atomic mass is 10.2. The van der Waals surface area contributed by atoms with E-state index in [9.17, 15) is 14.4 Å². The zero-order valence-electron chi connectivity index (χ0n) is 15.6. The van der Waals surface area contributed by atoms with Crippen LogP contribution in [-0.2, 0) is 14.3 Å². The van der Waals surface area contributed by atoms with Gasteiger partial charge in [0.25, 0.3) is 5.91 Å². The van der Waals surface area contributed by atoms with Crippen molar-refractivity contribution in [1.29, 1.82) is 0 Å². The van der Waals surface area contributed by atoms with Crippen LogP contribution in [-0.4, -0.2) is 31.5 Å². The summed E-state index contributed by atoms with van der Waals surface area (Å²) >= 11 is 7.46. The summed E-state index contributed by atoms with van der Waals surface area (Å²) in [6.07, 6.45) is 0. The van der Waals surface area contributed by atoms with Crippen molar-refractivity contribution in [3.63, 3.8) is 0 Å². The first kappa shape index (κ1) is 20.6. The Balaban J connectivity index is 1.67. The topological polar surface area (TPSA) is 93.7 Å². The number of thiophene rings is 1. The second kappa shape index (κ2) is 8.93. The molecule has 0 atom stereocenters. The zero-order valence-corrected chi connectivity index (χ0v) is 17.1. The molecule has 2 aromatic carbocycles. The number of carbonyl (C=O) groups excluding carboxylic acids is 3. The summed E-state index contributed by atoms with van der Waals surface area (Å²) in [6.45, 7) is 0.873. The maximum Gasteiger partial charge on any atom is 0.350 e. The van der Waals surface area contributed by atoms with Crippen LogP contribution in [0.4, 0.5) is 11.4 Å². The highest BCUT2D eigenvalue weighted by Crippen LogP contribution is 2.35. The van der Waals surface area contributed by atoms with Crippen LogP contribution in [0.5, 0.6) is 5.75 Å². The minimum absolute atomic E-state index is 0.242. The fourth-order valence-electron chi connectivity index (χ4n) is 2.61. The monoisotopic (exact) mass is 432 g/mol. The smallest absolute Gasteiger partial charge is 0.350 e. The first-order valence-electron chi connectivity index (χ1n) is 8.48. The Labute approximate surface area is 175 Å². The van der Waals surface area contributed by atoms with Crippen LogP contribution in [0.25, 0.3) is 10.1 Å². The summed E-state index contributed by atoms with van der Waals surface area (Å²) in [5.41, 5.74) is 0.822. The molecule has 29 heavy (non-hydrogen) atoms. The van der Waals surface area contributed by atoms with Crippen molar-refractivity contribution in [3.8, 4) is 5.75 Å². The Hall–Kier alpha value is -3.10. The number of hydrogen-bond donors (Lipinski definition) is 2. The van der Waals surface area contributed by atoms with Crippen molar-refractivity contribution in [1.82, 2.24) is 0 Å². The molecule has 0 fully saturated rings. The van der Waals surface area contributed by atoms with Crippen molar-refractivity contribution in [3.05, 3.63) is 52.4 Å². The van der Waals surface area contributed by atoms with Crippen LogP contribution in [0.15, 0.2) is 42.5 Å². The minimum Gasteiger partial charge on any atom is -0.495 e. The highest BCUT2D eigenvalue weighted by Gasteiger charge is 2.19. The number of nitrogens with one attached hydrogen (secondary N) is 2. The highest BCUT2D eigenvalue weighted by molar-refractivity contribution is 7.21. The van der Waals surface area contributed by atoms with Crippen LogP contribution in [0, 0.1) is 0 Å². The van der Waals surface area contributed by atoms with Gasteiger partial charge in [0.2, 0.25) is 5.91 Å². The Morgan fingerprint density at radius 1 is 1.10 bits per heavy atom. The van der Waals surface area contributed by atoms with Gasteiger partial charge in [0.1, 0.15) is 10.6 Å². The minimum atomic E-state index is -0.676. The molecule has 9 heteroatoms. The number of halogens is 1. The van der Waals surface area contributed by atoms with Gasteiger partial charge < -0.3 is 20.1 Å². The Morgan fingerprint density at radius 2 is 1.86 bits per heavy atom. The first-order chi connectivity index (χ1) is 13.9. The summed E-state index contributed by atoms with van der Waals surface area (Å²) in [7, 11) is 1.45. The standard InChI is InChI=1S/C20H17ClN2O5S/c1-11(24)22-12-7-8-15(27-2)14(9-12)23-17(25)10-28-20(26)19-18(21)13-5-3-4-6-16(13)29-19/h3-9H,10H2,1-2H3,(H,22,24)(H,23,25). The molecular weight excluding hydrogens is 416 g/mol. The molecule has 0 saturated carbocycles. The van der Waals surface area contributed by atoms with E-state index in [2.05, 4.69) is 10.6 Å². The van der Waals surface area contributed by atoms with Crippen molar-refractivity contribution in [2.45, 2.75) is 6.92 Å². The quantitative estimate of drug-likeness (QED) is 0.566. The second-order valence-electron chi connectivity index (χ2n) is 5.96. The van der Waals surface area contributed by atoms with E-state index in [-0.39, 0.29) is 10.8 Å². The molecule has 1 aromatic heterocycles. The molecule has 7 nitrogen and oxygen atoms in total. The van der Waals surface area contributed by atoms with Gasteiger partial charge in [0.15, 0.2) is 6.61 Å². The maximum absolute atomic E-state index is 12.3. The third kappa shape index (κ3) is 4.85. The molecule has 0 bridgehead atoms. The molecule has 0 spiro atoms.